The zero-order valence-corrected chi connectivity index (χ0v) is 29.7. The number of nitrogens with zero attached hydrogens (tertiary/aromatic N) is 5. The molecule has 2 fully saturated rings. The lowest BCUT2D eigenvalue weighted by Crippen LogP contribution is -2.45. The number of carbonyl (C=O) groups is 1. The molecule has 0 bridgehead atoms. The maximum absolute atomic E-state index is 13.3. The van der Waals surface area contributed by atoms with Gasteiger partial charge in [0.15, 0.2) is 0 Å². The van der Waals surface area contributed by atoms with Crippen molar-refractivity contribution in [1.82, 2.24) is 19.4 Å². The fraction of sp³-hybridized carbons (Fsp3) is 0.594. The summed E-state index contributed by atoms with van der Waals surface area (Å²) in [5, 5.41) is 0.342. The number of anilines is 2. The Hall–Kier alpha value is -3.20. The van der Waals surface area contributed by atoms with Crippen molar-refractivity contribution < 1.29 is 27.4 Å². The molecule has 1 amide bonds. The van der Waals surface area contributed by atoms with Gasteiger partial charge in [0, 0.05) is 46.5 Å². The number of aromatic nitrogens is 3. The third-order valence-corrected chi connectivity index (χ3v) is 11.7. The Morgan fingerprint density at radius 1 is 1.04 bits per heavy atom. The summed E-state index contributed by atoms with van der Waals surface area (Å²) in [7, 11) is -4.91. The molecule has 4 heterocycles. The first kappa shape index (κ1) is 34.1. The van der Waals surface area contributed by atoms with Gasteiger partial charge in [-0.05, 0) is 63.4 Å². The van der Waals surface area contributed by atoms with Gasteiger partial charge in [0.05, 0.1) is 29.5 Å². The highest BCUT2D eigenvalue weighted by molar-refractivity contribution is 7.93. The highest BCUT2D eigenvalue weighted by Crippen LogP contribution is 2.33. The summed E-state index contributed by atoms with van der Waals surface area (Å²) in [5.74, 6) is 0.873. The van der Waals surface area contributed by atoms with Crippen LogP contribution in [0.4, 0.5) is 16.3 Å². The monoisotopic (exact) mass is 672 g/mol. The molecular weight excluding hydrogens is 625 g/mol. The van der Waals surface area contributed by atoms with Crippen LogP contribution in [-0.2, 0) is 31.0 Å². The molecule has 2 aliphatic heterocycles. The van der Waals surface area contributed by atoms with Crippen molar-refractivity contribution in [1.29, 1.82) is 0 Å². The molecule has 2 aromatic heterocycles. The van der Waals surface area contributed by atoms with E-state index in [-0.39, 0.29) is 0 Å². The Balaban J connectivity index is 1.33. The topological polar surface area (TPSA) is 128 Å². The number of hydrogen-bond donors (Lipinski definition) is 1. The molecule has 0 spiro atoms. The zero-order chi connectivity index (χ0) is 33.1. The Morgan fingerprint density at radius 3 is 2.35 bits per heavy atom. The van der Waals surface area contributed by atoms with Gasteiger partial charge in [-0.25, -0.2) is 23.2 Å². The van der Waals surface area contributed by atoms with Crippen LogP contribution in [0.1, 0.15) is 33.6 Å². The second-order valence-electron chi connectivity index (χ2n) is 14.2. The number of rotatable bonds is 10. The van der Waals surface area contributed by atoms with Gasteiger partial charge in [-0.15, -0.1) is 0 Å². The van der Waals surface area contributed by atoms with Gasteiger partial charge in [0.25, 0.3) is 0 Å². The molecule has 0 aliphatic carbocycles. The van der Waals surface area contributed by atoms with Crippen LogP contribution < -0.4 is 9.62 Å². The molecular formula is C32H48N6O6SSi. The highest BCUT2D eigenvalue weighted by Gasteiger charge is 2.33. The van der Waals surface area contributed by atoms with Crippen LogP contribution in [0.3, 0.4) is 0 Å². The third-order valence-electron chi connectivity index (χ3n) is 8.17. The second kappa shape index (κ2) is 13.9. The number of benzene rings is 1. The van der Waals surface area contributed by atoms with Crippen molar-refractivity contribution in [3.8, 4) is 11.3 Å². The van der Waals surface area contributed by atoms with Gasteiger partial charge in [-0.1, -0.05) is 31.8 Å². The molecule has 0 atom stereocenters. The fourth-order valence-electron chi connectivity index (χ4n) is 5.61. The van der Waals surface area contributed by atoms with Crippen molar-refractivity contribution in [2.24, 2.45) is 0 Å². The van der Waals surface area contributed by atoms with E-state index in [0.29, 0.717) is 58.2 Å². The quantitative estimate of drug-likeness (QED) is 0.223. The summed E-state index contributed by atoms with van der Waals surface area (Å²) in [4.78, 5) is 25.5. The summed E-state index contributed by atoms with van der Waals surface area (Å²) in [6, 6.07) is 10.6. The van der Waals surface area contributed by atoms with Crippen LogP contribution in [-0.4, -0.2) is 98.9 Å². The number of carbonyl (C=O) groups excluding carboxylic acids is 1. The minimum atomic E-state index is -3.66. The van der Waals surface area contributed by atoms with Gasteiger partial charge < -0.3 is 28.6 Å². The Morgan fingerprint density at radius 2 is 1.72 bits per heavy atom. The van der Waals surface area contributed by atoms with Crippen LogP contribution in [0.15, 0.2) is 36.7 Å². The van der Waals surface area contributed by atoms with E-state index < -0.39 is 35.0 Å². The Labute approximate surface area is 273 Å². The summed E-state index contributed by atoms with van der Waals surface area (Å²) in [6.45, 7) is 16.9. The van der Waals surface area contributed by atoms with Gasteiger partial charge in [0.1, 0.15) is 30.1 Å². The number of likely N-dealkylation sites (tertiary alicyclic amines) is 1. The van der Waals surface area contributed by atoms with Crippen LogP contribution in [0.25, 0.3) is 22.3 Å². The molecule has 0 unspecified atom stereocenters. The lowest BCUT2D eigenvalue weighted by atomic mass is 10.1. The molecule has 1 aromatic carbocycles. The summed E-state index contributed by atoms with van der Waals surface area (Å²) in [5.41, 5.74) is 2.51. The van der Waals surface area contributed by atoms with E-state index in [0.717, 1.165) is 47.2 Å². The van der Waals surface area contributed by atoms with Gasteiger partial charge in [-0.2, -0.15) is 0 Å². The van der Waals surface area contributed by atoms with Gasteiger partial charge in [-0.3, -0.25) is 4.72 Å². The third kappa shape index (κ3) is 8.58. The predicted molar refractivity (Wildman–Crippen MR) is 183 cm³/mol. The molecule has 5 rings (SSSR count). The number of morpholine rings is 1. The lowest BCUT2D eigenvalue weighted by molar-refractivity contribution is 0.0217. The van der Waals surface area contributed by atoms with E-state index in [1.807, 2.05) is 32.9 Å². The van der Waals surface area contributed by atoms with Crippen molar-refractivity contribution in [3.05, 3.63) is 36.7 Å². The normalized spacial score (nSPS) is 17.0. The van der Waals surface area contributed by atoms with Crippen LogP contribution in [0.5, 0.6) is 0 Å². The average Bonchev–Trinajstić information content (AvgIpc) is 3.37. The van der Waals surface area contributed by atoms with Crippen molar-refractivity contribution in [2.75, 3.05) is 55.6 Å². The van der Waals surface area contributed by atoms with Crippen LogP contribution in [0.2, 0.25) is 25.7 Å². The smallest absolute Gasteiger partial charge is 0.410 e. The minimum absolute atomic E-state index is 0.333. The number of piperidine rings is 1. The van der Waals surface area contributed by atoms with Crippen molar-refractivity contribution in [3.63, 3.8) is 0 Å². The Kier molecular flexibility index (Phi) is 10.3. The zero-order valence-electron chi connectivity index (χ0n) is 27.9. The number of hydrogen-bond acceptors (Lipinski definition) is 9. The minimum Gasteiger partial charge on any atom is -0.444 e. The SMILES string of the molecule is CC(C)(C)OC(=O)N1CCC(S(=O)(=O)Nc2ccc(-c3cc4c(N5CCOCC5)ncnc4n3COCC[Si](C)(C)C)cc2)CC1. The molecule has 2 saturated heterocycles. The molecule has 252 valence electrons. The number of sulfonamides is 1. The molecule has 2 aliphatic rings. The summed E-state index contributed by atoms with van der Waals surface area (Å²) >= 11 is 0. The van der Waals surface area contributed by atoms with E-state index in [1.54, 1.807) is 23.4 Å². The van der Waals surface area contributed by atoms with Crippen molar-refractivity contribution in [2.45, 2.75) is 76.9 Å². The molecule has 14 heteroatoms. The standard InChI is InChI=1S/C32H48N6O6SSi/c1-32(2,3)44-31(39)37-13-11-26(12-14-37)45(40,41)35-25-9-7-24(8-10-25)28-21-27-29(36-15-17-42-18-16-36)33-22-34-30(27)38(28)23-43-19-20-46(4,5)6/h7-10,21-22,26,35H,11-20,23H2,1-6H3. The van der Waals surface area contributed by atoms with E-state index in [1.165, 1.54) is 0 Å². The molecule has 1 N–H and O–H groups in total. The van der Waals surface area contributed by atoms with Gasteiger partial charge >= 0.3 is 6.09 Å². The fourth-order valence-corrected chi connectivity index (χ4v) is 7.83. The molecule has 0 radical (unpaired) electrons. The van der Waals surface area contributed by atoms with E-state index in [9.17, 15) is 13.2 Å². The number of amides is 1. The summed E-state index contributed by atoms with van der Waals surface area (Å²) in [6.07, 6.45) is 1.88. The van der Waals surface area contributed by atoms with Crippen LogP contribution in [0, 0.1) is 0 Å². The lowest BCUT2D eigenvalue weighted by Gasteiger charge is -2.33. The van der Waals surface area contributed by atoms with Gasteiger partial charge in [0.2, 0.25) is 10.0 Å². The number of ether oxygens (including phenoxy) is 3. The molecule has 3 aromatic rings. The summed E-state index contributed by atoms with van der Waals surface area (Å²) < 4.78 is 48.6. The predicted octanol–water partition coefficient (Wildman–Crippen LogP) is 5.39. The van der Waals surface area contributed by atoms with E-state index >= 15 is 0 Å². The second-order valence-corrected chi connectivity index (χ2v) is 21.8. The van der Waals surface area contributed by atoms with Crippen LogP contribution >= 0.6 is 0 Å². The molecule has 12 nitrogen and oxygen atoms in total. The molecule has 0 saturated carbocycles. The van der Waals surface area contributed by atoms with E-state index in [4.69, 9.17) is 14.2 Å². The maximum Gasteiger partial charge on any atom is 0.410 e. The first-order chi connectivity index (χ1) is 21.7. The molecule has 46 heavy (non-hydrogen) atoms. The highest BCUT2D eigenvalue weighted by atomic mass is 32.2. The number of nitrogens with one attached hydrogen (secondary N) is 1. The first-order valence-corrected chi connectivity index (χ1v) is 21.3. The largest absolute Gasteiger partial charge is 0.444 e. The maximum atomic E-state index is 13.3. The first-order valence-electron chi connectivity index (χ1n) is 16.0. The number of fused-ring (bicyclic) bond motifs is 1. The Bertz CT molecular complexity index is 1600. The van der Waals surface area contributed by atoms with E-state index in [2.05, 4.69) is 49.9 Å². The van der Waals surface area contributed by atoms with Crippen molar-refractivity contribution >= 4 is 46.7 Å². The average molecular weight is 673 g/mol.